The molecule has 3 rings (SSSR count). The molecule has 0 radical (unpaired) electrons. The third-order valence-electron chi connectivity index (χ3n) is 4.32. The van der Waals surface area contributed by atoms with Crippen LogP contribution < -0.4 is 5.01 Å². The molecule has 1 aliphatic rings. The number of hydrogen-bond donors (Lipinski definition) is 0. The molecule has 0 atom stereocenters. The fourth-order valence-electron chi connectivity index (χ4n) is 3.21. The van der Waals surface area contributed by atoms with Crippen LogP contribution in [-0.2, 0) is 9.59 Å². The molecule has 1 aromatic carbocycles. The van der Waals surface area contributed by atoms with Gasteiger partial charge in [0.15, 0.2) is 11.6 Å². The second kappa shape index (κ2) is 6.99. The summed E-state index contributed by atoms with van der Waals surface area (Å²) in [5, 5.41) is 4.63. The fourth-order valence-corrected chi connectivity index (χ4v) is 3.21. The Morgan fingerprint density at radius 2 is 1.88 bits per heavy atom. The SMILES string of the molecule is C=Cc1c(/C=C\C)nc2ccccc2c1N(C)N1CC(=O)CC(=O)C1. The van der Waals surface area contributed by atoms with E-state index in [1.807, 2.05) is 55.4 Å². The first-order valence-electron chi connectivity index (χ1n) is 8.25. The van der Waals surface area contributed by atoms with E-state index in [0.717, 1.165) is 27.8 Å². The minimum absolute atomic E-state index is 0.0274. The van der Waals surface area contributed by atoms with Crippen LogP contribution in [0.25, 0.3) is 23.1 Å². The van der Waals surface area contributed by atoms with Gasteiger partial charge in [-0.3, -0.25) is 9.59 Å². The molecule has 5 heteroatoms. The lowest BCUT2D eigenvalue weighted by Gasteiger charge is -2.36. The lowest BCUT2D eigenvalue weighted by molar-refractivity contribution is -0.132. The molecule has 2 heterocycles. The number of ketones is 2. The van der Waals surface area contributed by atoms with Gasteiger partial charge in [-0.05, 0) is 19.1 Å². The minimum atomic E-state index is -0.0599. The Hall–Kier alpha value is -2.79. The number of pyridine rings is 1. The highest BCUT2D eigenvalue weighted by atomic mass is 16.2. The van der Waals surface area contributed by atoms with Crippen LogP contribution in [0.2, 0.25) is 0 Å². The number of allylic oxidation sites excluding steroid dienone is 1. The van der Waals surface area contributed by atoms with Crippen LogP contribution in [0.15, 0.2) is 36.9 Å². The summed E-state index contributed by atoms with van der Waals surface area (Å²) in [5.74, 6) is -0.120. The maximum atomic E-state index is 11.9. The van der Waals surface area contributed by atoms with Crippen molar-refractivity contribution in [2.24, 2.45) is 0 Å². The van der Waals surface area contributed by atoms with Crippen molar-refractivity contribution in [1.82, 2.24) is 9.99 Å². The van der Waals surface area contributed by atoms with Gasteiger partial charge < -0.3 is 5.01 Å². The highest BCUT2D eigenvalue weighted by Crippen LogP contribution is 2.34. The van der Waals surface area contributed by atoms with Crippen LogP contribution >= 0.6 is 0 Å². The summed E-state index contributed by atoms with van der Waals surface area (Å²) in [6, 6.07) is 7.85. The second-order valence-corrected chi connectivity index (χ2v) is 6.08. The molecule has 25 heavy (non-hydrogen) atoms. The van der Waals surface area contributed by atoms with Gasteiger partial charge in [0.1, 0.15) is 0 Å². The molecule has 1 saturated heterocycles. The fraction of sp³-hybridized carbons (Fsp3) is 0.250. The molecule has 0 saturated carbocycles. The molecule has 0 amide bonds. The number of anilines is 1. The van der Waals surface area contributed by atoms with E-state index in [2.05, 4.69) is 6.58 Å². The van der Waals surface area contributed by atoms with E-state index in [9.17, 15) is 9.59 Å². The first-order valence-corrected chi connectivity index (χ1v) is 8.25. The Kier molecular flexibility index (Phi) is 4.76. The standard InChI is InChI=1S/C20H21N3O2/c1-4-8-18-16(5-2)20(17-9-6-7-10-19(17)21-18)22(3)23-12-14(24)11-15(25)13-23/h4-10H,2,11-13H2,1,3H3/b8-4-. The smallest absolute Gasteiger partial charge is 0.156 e. The Bertz CT molecular complexity index is 870. The van der Waals surface area contributed by atoms with Crippen molar-refractivity contribution in [3.05, 3.63) is 48.2 Å². The first kappa shape index (κ1) is 17.0. The molecule has 128 valence electrons. The Labute approximate surface area is 147 Å². The quantitative estimate of drug-likeness (QED) is 0.804. The van der Waals surface area contributed by atoms with E-state index in [1.165, 1.54) is 0 Å². The summed E-state index contributed by atoms with van der Waals surface area (Å²) in [6.07, 6.45) is 5.67. The van der Waals surface area contributed by atoms with Crippen molar-refractivity contribution in [1.29, 1.82) is 0 Å². The Morgan fingerprint density at radius 3 is 2.52 bits per heavy atom. The van der Waals surface area contributed by atoms with Gasteiger partial charge in [-0.25, -0.2) is 9.99 Å². The van der Waals surface area contributed by atoms with Gasteiger partial charge in [0.05, 0.1) is 36.4 Å². The number of nitrogens with zero attached hydrogens (tertiary/aromatic N) is 3. The monoisotopic (exact) mass is 335 g/mol. The lowest BCUT2D eigenvalue weighted by Crippen LogP contribution is -2.50. The number of carbonyl (C=O) groups is 2. The molecule has 0 aliphatic carbocycles. The van der Waals surface area contributed by atoms with Crippen LogP contribution in [0.5, 0.6) is 0 Å². The molecule has 1 fully saturated rings. The first-order chi connectivity index (χ1) is 12.0. The topological polar surface area (TPSA) is 53.5 Å². The number of Topliss-reactive ketones (excluding diaryl/α,β-unsaturated/α-hetero) is 2. The molecule has 0 bridgehead atoms. The third kappa shape index (κ3) is 3.23. The van der Waals surface area contributed by atoms with Crippen LogP contribution in [0.1, 0.15) is 24.6 Å². The van der Waals surface area contributed by atoms with Gasteiger partial charge in [0, 0.05) is 18.0 Å². The molecular formula is C20H21N3O2. The van der Waals surface area contributed by atoms with Gasteiger partial charge in [0.25, 0.3) is 0 Å². The normalized spacial score (nSPS) is 15.9. The largest absolute Gasteiger partial charge is 0.307 e. The number of rotatable bonds is 4. The number of aromatic nitrogens is 1. The number of fused-ring (bicyclic) bond motifs is 1. The van der Waals surface area contributed by atoms with E-state index in [-0.39, 0.29) is 31.1 Å². The van der Waals surface area contributed by atoms with Gasteiger partial charge in [0.2, 0.25) is 0 Å². The molecule has 0 unspecified atom stereocenters. The van der Waals surface area contributed by atoms with Crippen LogP contribution in [0.4, 0.5) is 5.69 Å². The molecule has 1 aliphatic heterocycles. The Morgan fingerprint density at radius 1 is 1.20 bits per heavy atom. The number of hydrogen-bond acceptors (Lipinski definition) is 5. The molecule has 2 aromatic rings. The third-order valence-corrected chi connectivity index (χ3v) is 4.32. The average molecular weight is 335 g/mol. The zero-order valence-corrected chi connectivity index (χ0v) is 14.5. The number of benzene rings is 1. The number of piperidine rings is 1. The number of para-hydroxylation sites is 1. The van der Waals surface area contributed by atoms with E-state index in [4.69, 9.17) is 4.98 Å². The average Bonchev–Trinajstić information content (AvgIpc) is 2.59. The maximum Gasteiger partial charge on any atom is 0.156 e. The summed E-state index contributed by atoms with van der Waals surface area (Å²) < 4.78 is 0. The van der Waals surface area contributed by atoms with Crippen molar-refractivity contribution in [2.45, 2.75) is 13.3 Å². The van der Waals surface area contributed by atoms with Crippen molar-refractivity contribution in [2.75, 3.05) is 25.1 Å². The van der Waals surface area contributed by atoms with Crippen LogP contribution in [0.3, 0.4) is 0 Å². The molecule has 0 N–H and O–H groups in total. The number of hydrazine groups is 1. The maximum absolute atomic E-state index is 11.9. The minimum Gasteiger partial charge on any atom is -0.307 e. The highest BCUT2D eigenvalue weighted by molar-refractivity contribution is 6.04. The van der Waals surface area contributed by atoms with E-state index in [0.29, 0.717) is 0 Å². The molecular weight excluding hydrogens is 314 g/mol. The van der Waals surface area contributed by atoms with E-state index in [1.54, 1.807) is 11.1 Å². The second-order valence-electron chi connectivity index (χ2n) is 6.08. The lowest BCUT2D eigenvalue weighted by atomic mass is 10.0. The zero-order valence-electron chi connectivity index (χ0n) is 14.5. The molecule has 5 nitrogen and oxygen atoms in total. The number of carbonyl (C=O) groups excluding carboxylic acids is 2. The van der Waals surface area contributed by atoms with E-state index >= 15 is 0 Å². The van der Waals surface area contributed by atoms with Gasteiger partial charge in [-0.15, -0.1) is 0 Å². The van der Waals surface area contributed by atoms with E-state index < -0.39 is 0 Å². The van der Waals surface area contributed by atoms with Crippen molar-refractivity contribution >= 4 is 40.3 Å². The summed E-state index contributed by atoms with van der Waals surface area (Å²) in [7, 11) is 1.88. The zero-order chi connectivity index (χ0) is 18.0. The summed E-state index contributed by atoms with van der Waals surface area (Å²) >= 11 is 0. The summed E-state index contributed by atoms with van der Waals surface area (Å²) in [5.41, 5.74) is 3.45. The predicted octanol–water partition coefficient (Wildman–Crippen LogP) is 3.11. The highest BCUT2D eigenvalue weighted by Gasteiger charge is 2.28. The predicted molar refractivity (Wildman–Crippen MR) is 101 cm³/mol. The van der Waals surface area contributed by atoms with Crippen molar-refractivity contribution < 1.29 is 9.59 Å². The van der Waals surface area contributed by atoms with Gasteiger partial charge >= 0.3 is 0 Å². The molecule has 0 spiro atoms. The van der Waals surface area contributed by atoms with Crippen LogP contribution in [-0.4, -0.2) is 41.7 Å². The van der Waals surface area contributed by atoms with Crippen LogP contribution in [0, 0.1) is 0 Å². The summed E-state index contributed by atoms with van der Waals surface area (Å²) in [6.45, 7) is 6.35. The molecule has 1 aromatic heterocycles. The Balaban J connectivity index is 2.20. The summed E-state index contributed by atoms with van der Waals surface area (Å²) in [4.78, 5) is 28.5. The van der Waals surface area contributed by atoms with Crippen molar-refractivity contribution in [3.63, 3.8) is 0 Å². The van der Waals surface area contributed by atoms with Crippen molar-refractivity contribution in [3.8, 4) is 0 Å². The van der Waals surface area contributed by atoms with Gasteiger partial charge in [-0.2, -0.15) is 0 Å². The van der Waals surface area contributed by atoms with Gasteiger partial charge in [-0.1, -0.05) is 36.9 Å².